The number of ether oxygens (including phenoxy) is 4. The van der Waals surface area contributed by atoms with E-state index in [0.29, 0.717) is 17.9 Å². The summed E-state index contributed by atoms with van der Waals surface area (Å²) in [5.74, 6) is -0.286. The summed E-state index contributed by atoms with van der Waals surface area (Å²) in [6, 6.07) is 3.75. The lowest BCUT2D eigenvalue weighted by Gasteiger charge is -2.46. The van der Waals surface area contributed by atoms with Gasteiger partial charge >= 0.3 is 5.97 Å². The first-order valence-electron chi connectivity index (χ1n) is 7.48. The second kappa shape index (κ2) is 5.53. The van der Waals surface area contributed by atoms with Gasteiger partial charge in [0.15, 0.2) is 17.3 Å². The molecule has 2 bridgehead atoms. The van der Waals surface area contributed by atoms with Crippen LogP contribution in [0.5, 0.6) is 11.5 Å². The minimum Gasteiger partial charge on any atom is -0.493 e. The van der Waals surface area contributed by atoms with Crippen molar-refractivity contribution >= 4 is 11.8 Å². The molecule has 0 radical (unpaired) electrons. The van der Waals surface area contributed by atoms with Gasteiger partial charge in [0, 0.05) is 12.8 Å². The fraction of sp³-hybridized carbons (Fsp3) is 0.529. The van der Waals surface area contributed by atoms with E-state index in [1.54, 1.807) is 14.2 Å². The molecule has 1 aromatic carbocycles. The Hall–Kier alpha value is -2.08. The highest BCUT2D eigenvalue weighted by Gasteiger charge is 2.51. The van der Waals surface area contributed by atoms with Crippen LogP contribution >= 0.6 is 0 Å². The van der Waals surface area contributed by atoms with E-state index < -0.39 is 23.6 Å². The van der Waals surface area contributed by atoms with Crippen molar-refractivity contribution in [3.63, 3.8) is 0 Å². The van der Waals surface area contributed by atoms with Gasteiger partial charge in [-0.2, -0.15) is 0 Å². The molecule has 6 nitrogen and oxygen atoms in total. The van der Waals surface area contributed by atoms with Gasteiger partial charge in [0.1, 0.15) is 12.0 Å². The highest BCUT2D eigenvalue weighted by atomic mass is 16.5. The Morgan fingerprint density at radius 1 is 1.22 bits per heavy atom. The summed E-state index contributed by atoms with van der Waals surface area (Å²) < 4.78 is 21.5. The molecule has 2 aliphatic heterocycles. The SMILES string of the molecule is COC(=O)C1C[C@]2(C)O[C@@H](Cc3cc(OC)c(OC)cc32)C1=O. The number of hydrogen-bond acceptors (Lipinski definition) is 6. The first-order valence-corrected chi connectivity index (χ1v) is 7.48. The van der Waals surface area contributed by atoms with Crippen LogP contribution in [-0.2, 0) is 31.1 Å². The van der Waals surface area contributed by atoms with Crippen LogP contribution in [0.15, 0.2) is 12.1 Å². The maximum Gasteiger partial charge on any atom is 0.316 e. The molecular weight excluding hydrogens is 300 g/mol. The van der Waals surface area contributed by atoms with Crippen molar-refractivity contribution in [1.82, 2.24) is 0 Å². The number of rotatable bonds is 3. The fourth-order valence-corrected chi connectivity index (χ4v) is 3.57. The van der Waals surface area contributed by atoms with Crippen LogP contribution in [0.1, 0.15) is 24.5 Å². The summed E-state index contributed by atoms with van der Waals surface area (Å²) in [4.78, 5) is 24.4. The molecule has 0 amide bonds. The van der Waals surface area contributed by atoms with Gasteiger partial charge in [0.05, 0.1) is 26.9 Å². The number of benzene rings is 1. The van der Waals surface area contributed by atoms with Crippen LogP contribution < -0.4 is 9.47 Å². The Morgan fingerprint density at radius 3 is 2.48 bits per heavy atom. The molecule has 1 unspecified atom stereocenters. The van der Waals surface area contributed by atoms with Gasteiger partial charge in [-0.25, -0.2) is 0 Å². The minimum absolute atomic E-state index is 0.213. The summed E-state index contributed by atoms with van der Waals surface area (Å²) in [6.07, 6.45) is 0.0400. The van der Waals surface area contributed by atoms with Crippen molar-refractivity contribution in [3.05, 3.63) is 23.3 Å². The van der Waals surface area contributed by atoms with Gasteiger partial charge in [-0.1, -0.05) is 0 Å². The highest BCUT2D eigenvalue weighted by Crippen LogP contribution is 2.48. The van der Waals surface area contributed by atoms with E-state index >= 15 is 0 Å². The first kappa shape index (κ1) is 15.8. The summed E-state index contributed by atoms with van der Waals surface area (Å²) in [6.45, 7) is 1.90. The van der Waals surface area contributed by atoms with Crippen LogP contribution in [0.25, 0.3) is 0 Å². The van der Waals surface area contributed by atoms with Crippen LogP contribution in [0.2, 0.25) is 0 Å². The Kier molecular flexibility index (Phi) is 3.80. The fourth-order valence-electron chi connectivity index (χ4n) is 3.57. The molecule has 6 heteroatoms. The van der Waals surface area contributed by atoms with Crippen LogP contribution in [0.4, 0.5) is 0 Å². The molecule has 0 spiro atoms. The van der Waals surface area contributed by atoms with E-state index in [2.05, 4.69) is 0 Å². The molecule has 0 saturated carbocycles. The van der Waals surface area contributed by atoms with Crippen LogP contribution in [0.3, 0.4) is 0 Å². The Balaban J connectivity index is 2.09. The van der Waals surface area contributed by atoms with E-state index in [1.807, 2.05) is 19.1 Å². The quantitative estimate of drug-likeness (QED) is 0.622. The third-order valence-corrected chi connectivity index (χ3v) is 4.73. The number of hydrogen-bond donors (Lipinski definition) is 0. The summed E-state index contributed by atoms with van der Waals surface area (Å²) in [5, 5.41) is 0. The summed E-state index contributed by atoms with van der Waals surface area (Å²) >= 11 is 0. The van der Waals surface area contributed by atoms with Crippen molar-refractivity contribution in [2.75, 3.05) is 21.3 Å². The average Bonchev–Trinajstić information content (AvgIpc) is 2.56. The first-order chi connectivity index (χ1) is 10.9. The highest BCUT2D eigenvalue weighted by molar-refractivity contribution is 6.02. The topological polar surface area (TPSA) is 71.1 Å². The van der Waals surface area contributed by atoms with Gasteiger partial charge < -0.3 is 18.9 Å². The van der Waals surface area contributed by atoms with Crippen LogP contribution in [0, 0.1) is 5.92 Å². The second-order valence-corrected chi connectivity index (χ2v) is 6.09. The lowest BCUT2D eigenvalue weighted by molar-refractivity contribution is -0.182. The number of ketones is 1. The number of methoxy groups -OCH3 is 3. The molecule has 0 aromatic heterocycles. The van der Waals surface area contributed by atoms with Gasteiger partial charge in [0.2, 0.25) is 0 Å². The molecule has 1 aromatic rings. The molecule has 2 heterocycles. The summed E-state index contributed by atoms with van der Waals surface area (Å²) in [7, 11) is 4.44. The van der Waals surface area contributed by atoms with Crippen LogP contribution in [-0.4, -0.2) is 39.2 Å². The van der Waals surface area contributed by atoms with Crippen molar-refractivity contribution in [2.24, 2.45) is 5.92 Å². The van der Waals surface area contributed by atoms with E-state index in [9.17, 15) is 9.59 Å². The van der Waals surface area contributed by atoms with Crippen molar-refractivity contribution in [1.29, 1.82) is 0 Å². The monoisotopic (exact) mass is 320 g/mol. The molecule has 1 fully saturated rings. The second-order valence-electron chi connectivity index (χ2n) is 6.09. The Bertz CT molecular complexity index is 667. The third kappa shape index (κ3) is 2.37. The van der Waals surface area contributed by atoms with Gasteiger partial charge in [-0.15, -0.1) is 0 Å². The molecule has 0 aliphatic carbocycles. The number of carbonyl (C=O) groups is 2. The smallest absolute Gasteiger partial charge is 0.316 e. The standard InChI is InChI=1S/C17H20O6/c1-17-8-10(16(19)22-4)15(18)14(23-17)6-9-5-12(20-2)13(21-3)7-11(9)17/h5,7,10,14H,6,8H2,1-4H3/t10?,14-,17-/m0/s1. The molecule has 3 rings (SSSR count). The molecule has 3 atom stereocenters. The maximum absolute atomic E-state index is 12.5. The lowest BCUT2D eigenvalue weighted by Crippen LogP contribution is -2.53. The zero-order valence-electron chi connectivity index (χ0n) is 13.7. The van der Waals surface area contributed by atoms with Gasteiger partial charge in [-0.05, 0) is 30.2 Å². The van der Waals surface area contributed by atoms with E-state index in [-0.39, 0.29) is 12.2 Å². The lowest BCUT2D eigenvalue weighted by atomic mass is 9.73. The Labute approximate surface area is 134 Å². The zero-order chi connectivity index (χ0) is 16.8. The average molecular weight is 320 g/mol. The largest absolute Gasteiger partial charge is 0.493 e. The minimum atomic E-state index is -0.787. The Morgan fingerprint density at radius 2 is 1.87 bits per heavy atom. The number of esters is 1. The molecule has 124 valence electrons. The number of Topliss-reactive ketones (excluding diaryl/α,β-unsaturated/α-hetero) is 1. The van der Waals surface area contributed by atoms with Crippen molar-refractivity contribution in [2.45, 2.75) is 31.5 Å². The van der Waals surface area contributed by atoms with Gasteiger partial charge in [0.25, 0.3) is 0 Å². The molecule has 0 N–H and O–H groups in total. The molecular formula is C17H20O6. The molecule has 23 heavy (non-hydrogen) atoms. The number of carbonyl (C=O) groups excluding carboxylic acids is 2. The number of fused-ring (bicyclic) bond motifs is 4. The molecule has 1 saturated heterocycles. The summed E-state index contributed by atoms with van der Waals surface area (Å²) in [5.41, 5.74) is 1.18. The van der Waals surface area contributed by atoms with E-state index in [4.69, 9.17) is 18.9 Å². The zero-order valence-corrected chi connectivity index (χ0v) is 13.7. The maximum atomic E-state index is 12.5. The van der Waals surface area contributed by atoms with E-state index in [1.165, 1.54) is 7.11 Å². The predicted octanol–water partition coefficient (Wildman–Crippen LogP) is 1.62. The predicted molar refractivity (Wildman–Crippen MR) is 80.6 cm³/mol. The van der Waals surface area contributed by atoms with Gasteiger partial charge in [-0.3, -0.25) is 9.59 Å². The molecule has 2 aliphatic rings. The van der Waals surface area contributed by atoms with Crippen molar-refractivity contribution < 1.29 is 28.5 Å². The third-order valence-electron chi connectivity index (χ3n) is 4.73. The normalized spacial score (nSPS) is 28.8. The van der Waals surface area contributed by atoms with Crippen molar-refractivity contribution in [3.8, 4) is 11.5 Å². The van der Waals surface area contributed by atoms with E-state index in [0.717, 1.165) is 11.1 Å².